The molecule has 1 amide bonds. The number of anilines is 1. The van der Waals surface area contributed by atoms with Gasteiger partial charge in [0.1, 0.15) is 5.82 Å². The molecule has 0 bridgehead atoms. The van der Waals surface area contributed by atoms with Gasteiger partial charge in [0, 0.05) is 30.2 Å². The Morgan fingerprint density at radius 1 is 0.941 bits per heavy atom. The number of imidazole rings is 1. The maximum atomic E-state index is 12.7. The van der Waals surface area contributed by atoms with Crippen molar-refractivity contribution in [1.29, 1.82) is 0 Å². The fraction of sp³-hybridized carbons (Fsp3) is 0.154. The first kappa shape index (κ1) is 23.3. The minimum Gasteiger partial charge on any atom is -0.348 e. The number of nitrogens with zero attached hydrogens (tertiary/aromatic N) is 2. The lowest BCUT2D eigenvalue weighted by Crippen LogP contribution is -2.23. The smallest absolute Gasteiger partial charge is 0.261 e. The molecule has 3 aromatic carbocycles. The predicted octanol–water partition coefficient (Wildman–Crippen LogP) is 4.53. The van der Waals surface area contributed by atoms with Crippen molar-refractivity contribution in [3.63, 3.8) is 0 Å². The average molecular weight is 475 g/mol. The second-order valence-electron chi connectivity index (χ2n) is 8.14. The largest absolute Gasteiger partial charge is 0.348 e. The summed E-state index contributed by atoms with van der Waals surface area (Å²) in [7, 11) is -3.71. The molecule has 4 rings (SSSR count). The number of amides is 1. The zero-order valence-electron chi connectivity index (χ0n) is 19.2. The van der Waals surface area contributed by atoms with Gasteiger partial charge in [-0.05, 0) is 74.4 Å². The summed E-state index contributed by atoms with van der Waals surface area (Å²) in [4.78, 5) is 17.1. The van der Waals surface area contributed by atoms with Gasteiger partial charge in [0.05, 0.1) is 10.6 Å². The lowest BCUT2D eigenvalue weighted by Gasteiger charge is -2.13. The summed E-state index contributed by atoms with van der Waals surface area (Å²) in [6, 6.07) is 19.4. The number of carbonyl (C=O) groups excluding carboxylic acids is 1. The number of benzene rings is 3. The molecule has 1 heterocycles. The van der Waals surface area contributed by atoms with E-state index in [1.54, 1.807) is 55.6 Å². The summed E-state index contributed by atoms with van der Waals surface area (Å²) < 4.78 is 29.9. The van der Waals surface area contributed by atoms with Crippen molar-refractivity contribution in [2.45, 2.75) is 32.2 Å². The number of nitrogens with one attached hydrogen (secondary N) is 2. The lowest BCUT2D eigenvalue weighted by atomic mass is 10.1. The van der Waals surface area contributed by atoms with Gasteiger partial charge >= 0.3 is 0 Å². The van der Waals surface area contributed by atoms with Gasteiger partial charge in [-0.2, -0.15) is 0 Å². The Labute approximate surface area is 199 Å². The van der Waals surface area contributed by atoms with Crippen molar-refractivity contribution < 1.29 is 13.2 Å². The standard InChI is InChI=1S/C26H26N4O3S/c1-18-4-11-24(12-5-18)34(32,33)29-25-13-8-22(16-19(25)2)26(31)28-17-21-6-9-23(10-7-21)30-15-14-27-20(30)3/h4-16,29H,17H2,1-3H3,(H,28,31). The molecule has 2 N–H and O–H groups in total. The molecule has 0 saturated heterocycles. The summed E-state index contributed by atoms with van der Waals surface area (Å²) >= 11 is 0. The van der Waals surface area contributed by atoms with Crippen molar-refractivity contribution in [2.75, 3.05) is 4.72 Å². The molecule has 34 heavy (non-hydrogen) atoms. The minimum atomic E-state index is -3.71. The third kappa shape index (κ3) is 5.18. The Balaban J connectivity index is 1.40. The third-order valence-electron chi connectivity index (χ3n) is 5.56. The first-order valence-electron chi connectivity index (χ1n) is 10.8. The molecule has 0 atom stereocenters. The second kappa shape index (κ2) is 9.52. The van der Waals surface area contributed by atoms with Crippen molar-refractivity contribution >= 4 is 21.6 Å². The van der Waals surface area contributed by atoms with Crippen LogP contribution in [0.5, 0.6) is 0 Å². The van der Waals surface area contributed by atoms with Crippen LogP contribution in [-0.2, 0) is 16.6 Å². The van der Waals surface area contributed by atoms with E-state index in [0.29, 0.717) is 23.4 Å². The molecule has 4 aromatic rings. The maximum absolute atomic E-state index is 12.7. The molecular weight excluding hydrogens is 448 g/mol. The van der Waals surface area contributed by atoms with Gasteiger partial charge < -0.3 is 9.88 Å². The molecule has 0 fully saturated rings. The van der Waals surface area contributed by atoms with Crippen LogP contribution in [0, 0.1) is 20.8 Å². The minimum absolute atomic E-state index is 0.188. The Morgan fingerprint density at radius 3 is 2.26 bits per heavy atom. The van der Waals surface area contributed by atoms with Gasteiger partial charge in [-0.15, -0.1) is 0 Å². The lowest BCUT2D eigenvalue weighted by molar-refractivity contribution is 0.0951. The number of hydrogen-bond donors (Lipinski definition) is 2. The number of hydrogen-bond acceptors (Lipinski definition) is 4. The first-order valence-corrected chi connectivity index (χ1v) is 12.3. The number of rotatable bonds is 7. The zero-order valence-corrected chi connectivity index (χ0v) is 20.1. The monoisotopic (exact) mass is 474 g/mol. The van der Waals surface area contributed by atoms with Gasteiger partial charge in [0.25, 0.3) is 15.9 Å². The first-order chi connectivity index (χ1) is 16.2. The highest BCUT2D eigenvalue weighted by molar-refractivity contribution is 7.92. The van der Waals surface area contributed by atoms with Crippen LogP contribution in [0.15, 0.2) is 84.0 Å². The second-order valence-corrected chi connectivity index (χ2v) is 9.82. The molecule has 0 unspecified atom stereocenters. The molecule has 174 valence electrons. The SMILES string of the molecule is Cc1ccc(S(=O)(=O)Nc2ccc(C(=O)NCc3ccc(-n4ccnc4C)cc3)cc2C)cc1. The van der Waals surface area contributed by atoms with E-state index in [-0.39, 0.29) is 10.8 Å². The van der Waals surface area contributed by atoms with E-state index >= 15 is 0 Å². The molecule has 0 aliphatic rings. The summed E-state index contributed by atoms with van der Waals surface area (Å²) in [5, 5.41) is 2.91. The van der Waals surface area contributed by atoms with E-state index in [1.165, 1.54) is 0 Å². The van der Waals surface area contributed by atoms with Crippen molar-refractivity contribution in [3.05, 3.63) is 107 Å². The number of sulfonamides is 1. The average Bonchev–Trinajstić information content (AvgIpc) is 3.25. The van der Waals surface area contributed by atoms with Crippen LogP contribution in [0.2, 0.25) is 0 Å². The van der Waals surface area contributed by atoms with Crippen LogP contribution in [0.4, 0.5) is 5.69 Å². The molecule has 1 aromatic heterocycles. The fourth-order valence-electron chi connectivity index (χ4n) is 3.55. The number of carbonyl (C=O) groups is 1. The zero-order chi connectivity index (χ0) is 24.3. The molecule has 0 radical (unpaired) electrons. The Hall–Kier alpha value is -3.91. The van der Waals surface area contributed by atoms with Crippen LogP contribution in [0.25, 0.3) is 5.69 Å². The molecule has 0 aliphatic carbocycles. The highest BCUT2D eigenvalue weighted by Gasteiger charge is 2.16. The predicted molar refractivity (Wildman–Crippen MR) is 133 cm³/mol. The summed E-state index contributed by atoms with van der Waals surface area (Å²) in [6.07, 6.45) is 3.66. The van der Waals surface area contributed by atoms with Crippen LogP contribution in [0.3, 0.4) is 0 Å². The maximum Gasteiger partial charge on any atom is 0.261 e. The Kier molecular flexibility index (Phi) is 6.51. The molecular formula is C26H26N4O3S. The molecule has 0 aliphatic heterocycles. The summed E-state index contributed by atoms with van der Waals surface area (Å²) in [5.74, 6) is 0.673. The van der Waals surface area contributed by atoms with Crippen LogP contribution in [-0.4, -0.2) is 23.9 Å². The highest BCUT2D eigenvalue weighted by Crippen LogP contribution is 2.21. The van der Waals surface area contributed by atoms with Gasteiger partial charge in [-0.3, -0.25) is 9.52 Å². The van der Waals surface area contributed by atoms with E-state index in [4.69, 9.17) is 0 Å². The normalized spacial score (nSPS) is 11.3. The van der Waals surface area contributed by atoms with E-state index < -0.39 is 10.0 Å². The third-order valence-corrected chi connectivity index (χ3v) is 6.94. The molecule has 8 heteroatoms. The van der Waals surface area contributed by atoms with Gasteiger partial charge in [-0.1, -0.05) is 29.8 Å². The molecule has 7 nitrogen and oxygen atoms in total. The van der Waals surface area contributed by atoms with E-state index in [0.717, 1.165) is 22.6 Å². The van der Waals surface area contributed by atoms with E-state index in [2.05, 4.69) is 15.0 Å². The van der Waals surface area contributed by atoms with Gasteiger partial charge in [-0.25, -0.2) is 13.4 Å². The van der Waals surface area contributed by atoms with Crippen LogP contribution >= 0.6 is 0 Å². The summed E-state index contributed by atoms with van der Waals surface area (Å²) in [6.45, 7) is 5.98. The number of aryl methyl sites for hydroxylation is 3. The highest BCUT2D eigenvalue weighted by atomic mass is 32.2. The van der Waals surface area contributed by atoms with Crippen LogP contribution < -0.4 is 10.0 Å². The van der Waals surface area contributed by atoms with Gasteiger partial charge in [0.2, 0.25) is 0 Å². The van der Waals surface area contributed by atoms with E-state index in [9.17, 15) is 13.2 Å². The van der Waals surface area contributed by atoms with Crippen LogP contribution in [0.1, 0.15) is 32.9 Å². The van der Waals surface area contributed by atoms with Gasteiger partial charge in [0.15, 0.2) is 0 Å². The summed E-state index contributed by atoms with van der Waals surface area (Å²) in [5.41, 5.74) is 4.50. The molecule has 0 saturated carbocycles. The fourth-order valence-corrected chi connectivity index (χ4v) is 4.68. The number of aromatic nitrogens is 2. The Morgan fingerprint density at radius 2 is 1.65 bits per heavy atom. The van der Waals surface area contributed by atoms with Crippen molar-refractivity contribution in [3.8, 4) is 5.69 Å². The van der Waals surface area contributed by atoms with E-state index in [1.807, 2.05) is 48.9 Å². The quantitative estimate of drug-likeness (QED) is 0.412. The Bertz CT molecular complexity index is 1420. The van der Waals surface area contributed by atoms with Crippen molar-refractivity contribution in [2.24, 2.45) is 0 Å². The topological polar surface area (TPSA) is 93.1 Å². The molecule has 0 spiro atoms. The van der Waals surface area contributed by atoms with Crippen molar-refractivity contribution in [1.82, 2.24) is 14.9 Å².